The first-order valence-corrected chi connectivity index (χ1v) is 6.72. The molecule has 3 unspecified atom stereocenters. The summed E-state index contributed by atoms with van der Waals surface area (Å²) in [6, 6.07) is 14.8. The van der Waals surface area contributed by atoms with Crippen molar-refractivity contribution in [2.75, 3.05) is 0 Å². The molecule has 2 aliphatic carbocycles. The molecule has 0 aliphatic heterocycles. The standard InChI is InChI=1S/C17H16O/c1-2-4-14-11-16(8-7-13(14)3-1)18-17-10-12-5-6-15(17)9-12/h1-8,11-12,15,17H,9-10H2. The molecule has 0 saturated heterocycles. The summed E-state index contributed by atoms with van der Waals surface area (Å²) in [5, 5.41) is 2.53. The number of ether oxygens (including phenoxy) is 1. The van der Waals surface area contributed by atoms with E-state index < -0.39 is 0 Å². The van der Waals surface area contributed by atoms with Gasteiger partial charge < -0.3 is 4.74 Å². The molecular weight excluding hydrogens is 220 g/mol. The Balaban J connectivity index is 1.61. The predicted molar refractivity (Wildman–Crippen MR) is 73.7 cm³/mol. The van der Waals surface area contributed by atoms with E-state index >= 15 is 0 Å². The lowest BCUT2D eigenvalue weighted by molar-refractivity contribution is 0.175. The van der Waals surface area contributed by atoms with Crippen molar-refractivity contribution in [2.45, 2.75) is 18.9 Å². The van der Waals surface area contributed by atoms with Crippen LogP contribution in [-0.2, 0) is 0 Å². The van der Waals surface area contributed by atoms with Crippen molar-refractivity contribution >= 4 is 10.8 Å². The molecule has 1 nitrogen and oxygen atoms in total. The molecule has 0 spiro atoms. The van der Waals surface area contributed by atoms with Gasteiger partial charge in [0, 0.05) is 5.92 Å². The molecule has 2 aromatic rings. The van der Waals surface area contributed by atoms with Crippen LogP contribution in [0.5, 0.6) is 5.75 Å². The average molecular weight is 236 g/mol. The third-order valence-electron chi connectivity index (χ3n) is 4.23. The summed E-state index contributed by atoms with van der Waals surface area (Å²) < 4.78 is 6.17. The summed E-state index contributed by atoms with van der Waals surface area (Å²) in [7, 11) is 0. The second kappa shape index (κ2) is 3.88. The van der Waals surface area contributed by atoms with Crippen LogP contribution in [0.3, 0.4) is 0 Å². The van der Waals surface area contributed by atoms with Crippen LogP contribution in [0.15, 0.2) is 54.6 Å². The zero-order valence-corrected chi connectivity index (χ0v) is 10.3. The quantitative estimate of drug-likeness (QED) is 0.711. The molecule has 4 rings (SSSR count). The maximum Gasteiger partial charge on any atom is 0.120 e. The third-order valence-corrected chi connectivity index (χ3v) is 4.23. The Labute approximate surface area is 107 Å². The highest BCUT2D eigenvalue weighted by atomic mass is 16.5. The number of fused-ring (bicyclic) bond motifs is 3. The van der Waals surface area contributed by atoms with Crippen molar-refractivity contribution in [3.05, 3.63) is 54.6 Å². The molecule has 90 valence electrons. The highest BCUT2D eigenvalue weighted by Gasteiger charge is 2.37. The largest absolute Gasteiger partial charge is 0.490 e. The molecule has 1 saturated carbocycles. The monoisotopic (exact) mass is 236 g/mol. The fourth-order valence-electron chi connectivity index (χ4n) is 3.28. The van der Waals surface area contributed by atoms with E-state index in [-0.39, 0.29) is 0 Å². The topological polar surface area (TPSA) is 9.23 Å². The summed E-state index contributed by atoms with van der Waals surface area (Å²) in [6.07, 6.45) is 7.55. The van der Waals surface area contributed by atoms with E-state index in [4.69, 9.17) is 4.74 Å². The zero-order valence-electron chi connectivity index (χ0n) is 10.3. The highest BCUT2D eigenvalue weighted by molar-refractivity contribution is 5.83. The molecular formula is C17H16O. The van der Waals surface area contributed by atoms with Crippen molar-refractivity contribution in [3.63, 3.8) is 0 Å². The molecule has 0 N–H and O–H groups in total. The number of benzene rings is 2. The SMILES string of the molecule is C1=CC2CC1CC2Oc1ccc2ccccc2c1. The smallest absolute Gasteiger partial charge is 0.120 e. The highest BCUT2D eigenvalue weighted by Crippen LogP contribution is 2.41. The molecule has 18 heavy (non-hydrogen) atoms. The van der Waals surface area contributed by atoms with Gasteiger partial charge in [-0.2, -0.15) is 0 Å². The van der Waals surface area contributed by atoms with Crippen LogP contribution in [0.2, 0.25) is 0 Å². The van der Waals surface area contributed by atoms with Crippen LogP contribution in [0.25, 0.3) is 10.8 Å². The van der Waals surface area contributed by atoms with E-state index in [1.165, 1.54) is 23.6 Å². The van der Waals surface area contributed by atoms with E-state index in [9.17, 15) is 0 Å². The molecule has 1 fully saturated rings. The Morgan fingerprint density at radius 3 is 2.56 bits per heavy atom. The van der Waals surface area contributed by atoms with Gasteiger partial charge in [-0.15, -0.1) is 0 Å². The molecule has 2 aliphatic rings. The molecule has 0 radical (unpaired) electrons. The van der Waals surface area contributed by atoms with Crippen LogP contribution in [0.1, 0.15) is 12.8 Å². The average Bonchev–Trinajstić information content (AvgIpc) is 3.01. The Morgan fingerprint density at radius 1 is 0.889 bits per heavy atom. The number of hydrogen-bond acceptors (Lipinski definition) is 1. The van der Waals surface area contributed by atoms with E-state index in [1.54, 1.807) is 0 Å². The molecule has 2 bridgehead atoms. The van der Waals surface area contributed by atoms with Crippen molar-refractivity contribution < 1.29 is 4.74 Å². The fourth-order valence-corrected chi connectivity index (χ4v) is 3.28. The minimum Gasteiger partial charge on any atom is -0.490 e. The molecule has 3 atom stereocenters. The summed E-state index contributed by atoms with van der Waals surface area (Å²) in [4.78, 5) is 0. The van der Waals surface area contributed by atoms with Gasteiger partial charge >= 0.3 is 0 Å². The number of allylic oxidation sites excluding steroid dienone is 1. The van der Waals surface area contributed by atoms with Crippen molar-refractivity contribution in [2.24, 2.45) is 11.8 Å². The maximum atomic E-state index is 6.17. The van der Waals surface area contributed by atoms with Gasteiger partial charge in [0.2, 0.25) is 0 Å². The van der Waals surface area contributed by atoms with Gasteiger partial charge in [-0.05, 0) is 41.7 Å². The third kappa shape index (κ3) is 1.62. The summed E-state index contributed by atoms with van der Waals surface area (Å²) in [6.45, 7) is 0. The fraction of sp³-hybridized carbons (Fsp3) is 0.294. The molecule has 0 heterocycles. The van der Waals surface area contributed by atoms with Crippen LogP contribution >= 0.6 is 0 Å². The molecule has 2 aromatic carbocycles. The van der Waals surface area contributed by atoms with Crippen molar-refractivity contribution in [1.82, 2.24) is 0 Å². The van der Waals surface area contributed by atoms with Gasteiger partial charge in [0.25, 0.3) is 0 Å². The first kappa shape index (κ1) is 10.2. The Morgan fingerprint density at radius 2 is 1.78 bits per heavy atom. The predicted octanol–water partition coefficient (Wildman–Crippen LogP) is 4.18. The van der Waals surface area contributed by atoms with Crippen molar-refractivity contribution in [3.8, 4) is 5.75 Å². The second-order valence-electron chi connectivity index (χ2n) is 5.45. The van der Waals surface area contributed by atoms with Gasteiger partial charge in [0.15, 0.2) is 0 Å². The number of hydrogen-bond donors (Lipinski definition) is 0. The summed E-state index contributed by atoms with van der Waals surface area (Å²) >= 11 is 0. The first-order chi connectivity index (χ1) is 8.88. The lowest BCUT2D eigenvalue weighted by atomic mass is 10.0. The normalized spacial score (nSPS) is 29.0. The van der Waals surface area contributed by atoms with Crippen LogP contribution in [0, 0.1) is 11.8 Å². The lowest BCUT2D eigenvalue weighted by Crippen LogP contribution is -2.21. The van der Waals surface area contributed by atoms with Crippen LogP contribution < -0.4 is 4.74 Å². The van der Waals surface area contributed by atoms with Gasteiger partial charge in [-0.1, -0.05) is 42.5 Å². The minimum atomic E-state index is 0.390. The Hall–Kier alpha value is -1.76. The second-order valence-corrected chi connectivity index (χ2v) is 5.45. The van der Waals surface area contributed by atoms with E-state index in [2.05, 4.69) is 54.6 Å². The molecule has 0 aromatic heterocycles. The van der Waals surface area contributed by atoms with Gasteiger partial charge in [0.1, 0.15) is 11.9 Å². The van der Waals surface area contributed by atoms with E-state index in [0.717, 1.165) is 11.7 Å². The van der Waals surface area contributed by atoms with Crippen LogP contribution in [-0.4, -0.2) is 6.10 Å². The Bertz CT molecular complexity index is 614. The van der Waals surface area contributed by atoms with Gasteiger partial charge in [-0.25, -0.2) is 0 Å². The summed E-state index contributed by atoms with van der Waals surface area (Å²) in [5.41, 5.74) is 0. The van der Waals surface area contributed by atoms with Crippen LogP contribution in [0.4, 0.5) is 0 Å². The molecule has 1 heteroatoms. The van der Waals surface area contributed by atoms with E-state index in [1.807, 2.05) is 0 Å². The zero-order chi connectivity index (χ0) is 11.9. The minimum absolute atomic E-state index is 0.390. The maximum absolute atomic E-state index is 6.17. The Kier molecular flexibility index (Phi) is 2.19. The van der Waals surface area contributed by atoms with Gasteiger partial charge in [-0.3, -0.25) is 0 Å². The first-order valence-electron chi connectivity index (χ1n) is 6.72. The molecule has 0 amide bonds. The van der Waals surface area contributed by atoms with Gasteiger partial charge in [0.05, 0.1) is 0 Å². The lowest BCUT2D eigenvalue weighted by Gasteiger charge is -2.20. The van der Waals surface area contributed by atoms with E-state index in [0.29, 0.717) is 12.0 Å². The van der Waals surface area contributed by atoms with Crippen molar-refractivity contribution in [1.29, 1.82) is 0 Å². The summed E-state index contributed by atoms with van der Waals surface area (Å²) in [5.74, 6) is 2.42. The number of rotatable bonds is 2.